The maximum atomic E-state index is 11.9. The second-order valence-corrected chi connectivity index (χ2v) is 7.63. The van der Waals surface area contributed by atoms with Crippen LogP contribution in [0.5, 0.6) is 0 Å². The summed E-state index contributed by atoms with van der Waals surface area (Å²) < 4.78 is 24.7. The summed E-state index contributed by atoms with van der Waals surface area (Å²) in [4.78, 5) is 11.6. The van der Waals surface area contributed by atoms with Crippen molar-refractivity contribution in [1.82, 2.24) is 10.6 Å². The number of benzene rings is 1. The quantitative estimate of drug-likeness (QED) is 0.729. The van der Waals surface area contributed by atoms with E-state index in [0.717, 1.165) is 4.47 Å². The molecule has 1 unspecified atom stereocenters. The molecule has 1 atom stereocenters. The summed E-state index contributed by atoms with van der Waals surface area (Å²) in [6.45, 7) is 2.31. The first-order valence-corrected chi connectivity index (χ1v) is 8.82. The van der Waals surface area contributed by atoms with Gasteiger partial charge in [-0.05, 0) is 31.7 Å². The lowest BCUT2D eigenvalue weighted by atomic mass is 10.2. The van der Waals surface area contributed by atoms with E-state index in [1.165, 1.54) is 0 Å². The molecule has 1 amide bonds. The van der Waals surface area contributed by atoms with Gasteiger partial charge in [0.15, 0.2) is 9.84 Å². The van der Waals surface area contributed by atoms with Crippen molar-refractivity contribution in [2.75, 3.05) is 19.3 Å². The van der Waals surface area contributed by atoms with E-state index in [4.69, 9.17) is 0 Å². The van der Waals surface area contributed by atoms with E-state index in [1.54, 1.807) is 31.3 Å². The zero-order chi connectivity index (χ0) is 15.2. The van der Waals surface area contributed by atoms with E-state index in [2.05, 4.69) is 26.6 Å². The first-order valence-electron chi connectivity index (χ1n) is 6.21. The van der Waals surface area contributed by atoms with Crippen LogP contribution in [0.15, 0.2) is 28.7 Å². The highest BCUT2D eigenvalue weighted by Crippen LogP contribution is 2.13. The summed E-state index contributed by atoms with van der Waals surface area (Å²) in [6.07, 6.45) is 0. The fraction of sp³-hybridized carbons (Fsp3) is 0.462. The molecule has 0 bridgehead atoms. The number of hydrogen-bond acceptors (Lipinski definition) is 4. The highest BCUT2D eigenvalue weighted by molar-refractivity contribution is 9.10. The number of sulfone groups is 1. The van der Waals surface area contributed by atoms with Crippen molar-refractivity contribution in [2.24, 2.45) is 0 Å². The molecule has 0 aliphatic carbocycles. The van der Waals surface area contributed by atoms with Gasteiger partial charge in [0, 0.05) is 17.1 Å². The largest absolute Gasteiger partial charge is 0.354 e. The molecule has 1 aromatic rings. The molecule has 5 nitrogen and oxygen atoms in total. The van der Waals surface area contributed by atoms with Crippen LogP contribution in [0.25, 0.3) is 0 Å². The number of hydrogen-bond donors (Lipinski definition) is 2. The molecule has 0 aromatic heterocycles. The van der Waals surface area contributed by atoms with Gasteiger partial charge >= 0.3 is 0 Å². The standard InChI is InChI=1S/C13H19BrN2O3S.ClH/c1-10(15-2)7-16-13(17)9-20(18,19)8-11-3-5-12(14)6-4-11;/h3-6,10,15H,7-9H2,1-2H3,(H,16,17);1H. The van der Waals surface area contributed by atoms with E-state index in [1.807, 2.05) is 6.92 Å². The Bertz CT molecular complexity index is 549. The third-order valence-corrected chi connectivity index (χ3v) is 4.75. The molecule has 8 heteroatoms. The zero-order valence-electron chi connectivity index (χ0n) is 11.9. The van der Waals surface area contributed by atoms with Crippen LogP contribution < -0.4 is 10.6 Å². The van der Waals surface area contributed by atoms with Gasteiger partial charge in [0.1, 0.15) is 5.75 Å². The van der Waals surface area contributed by atoms with Crippen LogP contribution in [0, 0.1) is 0 Å². The normalized spacial score (nSPS) is 12.3. The van der Waals surface area contributed by atoms with E-state index in [0.29, 0.717) is 12.1 Å². The van der Waals surface area contributed by atoms with Crippen LogP contribution >= 0.6 is 28.3 Å². The molecule has 0 spiro atoms. The van der Waals surface area contributed by atoms with Gasteiger partial charge in [0.2, 0.25) is 5.91 Å². The van der Waals surface area contributed by atoms with Crippen molar-refractivity contribution in [2.45, 2.75) is 18.7 Å². The first kappa shape index (κ1) is 20.4. The lowest BCUT2D eigenvalue weighted by Gasteiger charge is -2.11. The molecule has 0 radical (unpaired) electrons. The monoisotopic (exact) mass is 398 g/mol. The number of rotatable bonds is 7. The summed E-state index contributed by atoms with van der Waals surface area (Å²) >= 11 is 3.29. The van der Waals surface area contributed by atoms with Gasteiger partial charge in [0.25, 0.3) is 0 Å². The molecule has 0 aliphatic heterocycles. The zero-order valence-corrected chi connectivity index (χ0v) is 15.1. The van der Waals surface area contributed by atoms with Crippen LogP contribution in [0.3, 0.4) is 0 Å². The lowest BCUT2D eigenvalue weighted by molar-refractivity contribution is -0.118. The van der Waals surface area contributed by atoms with Crippen molar-refractivity contribution < 1.29 is 13.2 Å². The van der Waals surface area contributed by atoms with Crippen molar-refractivity contribution in [1.29, 1.82) is 0 Å². The van der Waals surface area contributed by atoms with E-state index >= 15 is 0 Å². The van der Waals surface area contributed by atoms with Gasteiger partial charge < -0.3 is 10.6 Å². The SMILES string of the molecule is CNC(C)CNC(=O)CS(=O)(=O)Cc1ccc(Br)cc1.Cl. The summed E-state index contributed by atoms with van der Waals surface area (Å²) in [5, 5.41) is 5.56. The third kappa shape index (κ3) is 8.40. The minimum atomic E-state index is -3.45. The minimum absolute atomic E-state index is 0. The molecule has 21 heavy (non-hydrogen) atoms. The number of amides is 1. The molecule has 0 saturated carbocycles. The maximum absolute atomic E-state index is 11.9. The molecule has 1 aromatic carbocycles. The lowest BCUT2D eigenvalue weighted by Crippen LogP contribution is -2.39. The van der Waals surface area contributed by atoms with Crippen molar-refractivity contribution in [3.05, 3.63) is 34.3 Å². The van der Waals surface area contributed by atoms with Gasteiger partial charge in [-0.2, -0.15) is 0 Å². The predicted molar refractivity (Wildman–Crippen MR) is 90.4 cm³/mol. The van der Waals surface area contributed by atoms with Gasteiger partial charge in [-0.25, -0.2) is 8.42 Å². The van der Waals surface area contributed by atoms with Gasteiger partial charge in [-0.15, -0.1) is 12.4 Å². The second-order valence-electron chi connectivity index (χ2n) is 4.65. The Labute approximate surface area is 140 Å². The molecular formula is C13H20BrClN2O3S. The fourth-order valence-corrected chi connectivity index (χ4v) is 3.07. The number of carbonyl (C=O) groups is 1. The Hall–Kier alpha value is -0.630. The average Bonchev–Trinajstić information content (AvgIpc) is 2.37. The number of likely N-dealkylation sites (N-methyl/N-ethyl adjacent to an activating group) is 1. The van der Waals surface area contributed by atoms with E-state index in [9.17, 15) is 13.2 Å². The Kier molecular flexibility index (Phi) is 9.12. The molecule has 120 valence electrons. The molecule has 1 rings (SSSR count). The van der Waals surface area contributed by atoms with Crippen LogP contribution in [0.4, 0.5) is 0 Å². The predicted octanol–water partition coefficient (Wildman–Crippen LogP) is 1.51. The van der Waals surface area contributed by atoms with Crippen molar-refractivity contribution in [3.8, 4) is 0 Å². The third-order valence-electron chi connectivity index (χ3n) is 2.75. The van der Waals surface area contributed by atoms with Crippen LogP contribution in [-0.2, 0) is 20.4 Å². The second kappa shape index (κ2) is 9.40. The highest BCUT2D eigenvalue weighted by Gasteiger charge is 2.17. The maximum Gasteiger partial charge on any atom is 0.235 e. The Balaban J connectivity index is 0.00000400. The van der Waals surface area contributed by atoms with E-state index < -0.39 is 21.5 Å². The fourth-order valence-electron chi connectivity index (χ4n) is 1.51. The van der Waals surface area contributed by atoms with Crippen LogP contribution in [0.1, 0.15) is 12.5 Å². The number of carbonyl (C=O) groups excluding carboxylic acids is 1. The Morgan fingerprint density at radius 1 is 1.29 bits per heavy atom. The summed E-state index contributed by atoms with van der Waals surface area (Å²) in [5.74, 6) is -1.08. The smallest absolute Gasteiger partial charge is 0.235 e. The molecule has 0 aliphatic rings. The van der Waals surface area contributed by atoms with Gasteiger partial charge in [-0.3, -0.25) is 4.79 Å². The topological polar surface area (TPSA) is 75.3 Å². The van der Waals surface area contributed by atoms with E-state index in [-0.39, 0.29) is 24.2 Å². The molecule has 0 fully saturated rings. The first-order chi connectivity index (χ1) is 9.32. The van der Waals surface area contributed by atoms with Gasteiger partial charge in [-0.1, -0.05) is 28.1 Å². The minimum Gasteiger partial charge on any atom is -0.354 e. The van der Waals surface area contributed by atoms with Crippen molar-refractivity contribution >= 4 is 44.1 Å². The summed E-state index contributed by atoms with van der Waals surface area (Å²) in [6, 6.07) is 7.11. The molecule has 2 N–H and O–H groups in total. The Morgan fingerprint density at radius 2 is 1.86 bits per heavy atom. The molecular weight excluding hydrogens is 380 g/mol. The van der Waals surface area contributed by atoms with Gasteiger partial charge in [0.05, 0.1) is 5.75 Å². The average molecular weight is 400 g/mol. The number of halogens is 2. The summed E-state index contributed by atoms with van der Waals surface area (Å²) in [7, 11) is -1.67. The Morgan fingerprint density at radius 3 is 2.38 bits per heavy atom. The van der Waals surface area contributed by atoms with Crippen LogP contribution in [-0.4, -0.2) is 39.7 Å². The summed E-state index contributed by atoms with van der Waals surface area (Å²) in [5.41, 5.74) is 0.671. The number of nitrogens with one attached hydrogen (secondary N) is 2. The highest BCUT2D eigenvalue weighted by atomic mass is 79.9. The molecule has 0 heterocycles. The van der Waals surface area contributed by atoms with Crippen molar-refractivity contribution in [3.63, 3.8) is 0 Å². The van der Waals surface area contributed by atoms with Crippen LogP contribution in [0.2, 0.25) is 0 Å². The molecule has 0 saturated heterocycles.